The number of nitrogens with zero attached hydrogens (tertiary/aromatic N) is 3. The average Bonchev–Trinajstić information content (AvgIpc) is 2.80. The van der Waals surface area contributed by atoms with Crippen LogP contribution >= 0.6 is 0 Å². The van der Waals surface area contributed by atoms with Gasteiger partial charge in [-0.15, -0.1) is 5.10 Å². The third-order valence-corrected chi connectivity index (χ3v) is 3.05. The van der Waals surface area contributed by atoms with Gasteiger partial charge in [-0.2, -0.15) is 0 Å². The highest BCUT2D eigenvalue weighted by Gasteiger charge is 2.19. The molecule has 0 aliphatic carbocycles. The van der Waals surface area contributed by atoms with Gasteiger partial charge in [0.1, 0.15) is 5.69 Å². The largest absolute Gasteiger partial charge is 0.246 e. The highest BCUT2D eigenvalue weighted by Crippen LogP contribution is 2.21. The highest BCUT2D eigenvalue weighted by molar-refractivity contribution is 5.57. The van der Waals surface area contributed by atoms with E-state index in [1.165, 1.54) is 0 Å². The topological polar surface area (TPSA) is 30.7 Å². The van der Waals surface area contributed by atoms with Crippen molar-refractivity contribution in [3.63, 3.8) is 0 Å². The van der Waals surface area contributed by atoms with Crippen LogP contribution in [0.2, 0.25) is 0 Å². The lowest BCUT2D eigenvalue weighted by atomic mass is 10.0. The van der Waals surface area contributed by atoms with E-state index in [4.69, 9.17) is 0 Å². The number of benzene rings is 1. The van der Waals surface area contributed by atoms with Gasteiger partial charge in [-0.1, -0.05) is 42.5 Å². The van der Waals surface area contributed by atoms with Crippen LogP contribution in [-0.2, 0) is 5.54 Å². The van der Waals surface area contributed by atoms with Crippen LogP contribution in [0.5, 0.6) is 0 Å². The quantitative estimate of drug-likeness (QED) is 0.787. The van der Waals surface area contributed by atoms with Gasteiger partial charge in [-0.3, -0.25) is 0 Å². The third-order valence-electron chi connectivity index (χ3n) is 3.05. The molecule has 0 amide bonds. The van der Waals surface area contributed by atoms with E-state index < -0.39 is 0 Å². The summed E-state index contributed by atoms with van der Waals surface area (Å²) in [6.07, 6.45) is 3.05. The molecule has 0 fully saturated rings. The molecule has 0 atom stereocenters. The molecule has 0 spiro atoms. The third kappa shape index (κ3) is 1.98. The zero-order valence-corrected chi connectivity index (χ0v) is 10.0. The Morgan fingerprint density at radius 2 is 1.88 bits per heavy atom. The van der Waals surface area contributed by atoms with Crippen molar-refractivity contribution in [1.82, 2.24) is 15.0 Å². The van der Waals surface area contributed by atoms with E-state index in [0.717, 1.165) is 17.7 Å². The van der Waals surface area contributed by atoms with Gasteiger partial charge >= 0.3 is 0 Å². The predicted octanol–water partition coefficient (Wildman–Crippen LogP) is 3.09. The molecule has 0 unspecified atom stereocenters. The fraction of sp³-hybridized carbons (Fsp3) is 0.385. The molecule has 0 bridgehead atoms. The van der Waals surface area contributed by atoms with Crippen LogP contribution in [0.4, 0.5) is 0 Å². The maximum absolute atomic E-state index is 4.21. The molecule has 2 rings (SSSR count). The maximum Gasteiger partial charge on any atom is 0.113 e. The van der Waals surface area contributed by atoms with E-state index in [-0.39, 0.29) is 5.54 Å². The first-order chi connectivity index (χ1) is 7.63. The molecule has 3 nitrogen and oxygen atoms in total. The number of hydrogen-bond acceptors (Lipinski definition) is 2. The van der Waals surface area contributed by atoms with Crippen molar-refractivity contribution in [2.24, 2.45) is 0 Å². The van der Waals surface area contributed by atoms with E-state index in [0.29, 0.717) is 0 Å². The Hall–Kier alpha value is -1.64. The standard InChI is InChI=1S/C13H17N3/c1-4-13(2,3)16-10-12(14-15-16)11-8-6-5-7-9-11/h5-10H,4H2,1-3H3. The van der Waals surface area contributed by atoms with Crippen LogP contribution in [0.15, 0.2) is 36.5 Å². The molecule has 2 aromatic rings. The van der Waals surface area contributed by atoms with Crippen LogP contribution in [0.1, 0.15) is 27.2 Å². The van der Waals surface area contributed by atoms with Crippen LogP contribution in [0.3, 0.4) is 0 Å². The molecule has 1 aromatic carbocycles. The zero-order valence-electron chi connectivity index (χ0n) is 10.0. The molecule has 3 heteroatoms. The van der Waals surface area contributed by atoms with Crippen LogP contribution in [0.25, 0.3) is 11.3 Å². The van der Waals surface area contributed by atoms with Crippen molar-refractivity contribution in [2.45, 2.75) is 32.7 Å². The monoisotopic (exact) mass is 215 g/mol. The minimum atomic E-state index is 0.0278. The van der Waals surface area contributed by atoms with E-state index >= 15 is 0 Å². The predicted molar refractivity (Wildman–Crippen MR) is 65.1 cm³/mol. The van der Waals surface area contributed by atoms with E-state index in [1.54, 1.807) is 0 Å². The number of rotatable bonds is 3. The zero-order chi connectivity index (χ0) is 11.6. The lowest BCUT2D eigenvalue weighted by Gasteiger charge is -2.22. The Balaban J connectivity index is 2.34. The molecule has 0 aliphatic heterocycles. The fourth-order valence-corrected chi connectivity index (χ4v) is 1.46. The van der Waals surface area contributed by atoms with Crippen molar-refractivity contribution in [3.05, 3.63) is 36.5 Å². The second-order valence-corrected chi connectivity index (χ2v) is 4.58. The molecule has 16 heavy (non-hydrogen) atoms. The van der Waals surface area contributed by atoms with E-state index in [2.05, 4.69) is 31.1 Å². The lowest BCUT2D eigenvalue weighted by Crippen LogP contribution is -2.25. The highest BCUT2D eigenvalue weighted by atomic mass is 15.4. The lowest BCUT2D eigenvalue weighted by molar-refractivity contribution is 0.301. The Kier molecular flexibility index (Phi) is 2.77. The van der Waals surface area contributed by atoms with Crippen LogP contribution in [-0.4, -0.2) is 15.0 Å². The number of hydrogen-bond donors (Lipinski definition) is 0. The normalized spacial score (nSPS) is 11.7. The van der Waals surface area contributed by atoms with Gasteiger partial charge in [0.15, 0.2) is 0 Å². The van der Waals surface area contributed by atoms with Gasteiger partial charge in [0.2, 0.25) is 0 Å². The van der Waals surface area contributed by atoms with Crippen molar-refractivity contribution < 1.29 is 0 Å². The first-order valence-corrected chi connectivity index (χ1v) is 5.62. The first kappa shape index (κ1) is 10.9. The van der Waals surface area contributed by atoms with Gasteiger partial charge in [0.05, 0.1) is 11.7 Å². The number of aromatic nitrogens is 3. The summed E-state index contributed by atoms with van der Waals surface area (Å²) in [5.41, 5.74) is 2.07. The minimum absolute atomic E-state index is 0.0278. The summed E-state index contributed by atoms with van der Waals surface area (Å²) in [6, 6.07) is 10.1. The summed E-state index contributed by atoms with van der Waals surface area (Å²) >= 11 is 0. The summed E-state index contributed by atoms with van der Waals surface area (Å²) in [7, 11) is 0. The molecule has 0 saturated heterocycles. The Morgan fingerprint density at radius 3 is 2.50 bits per heavy atom. The fourth-order valence-electron chi connectivity index (χ4n) is 1.46. The molecule has 0 radical (unpaired) electrons. The summed E-state index contributed by atoms with van der Waals surface area (Å²) < 4.78 is 1.94. The van der Waals surface area contributed by atoms with Crippen molar-refractivity contribution in [2.75, 3.05) is 0 Å². The Labute approximate surface area is 96.1 Å². The van der Waals surface area contributed by atoms with Crippen molar-refractivity contribution >= 4 is 0 Å². The second kappa shape index (κ2) is 4.08. The summed E-state index contributed by atoms with van der Waals surface area (Å²) in [5, 5.41) is 8.42. The summed E-state index contributed by atoms with van der Waals surface area (Å²) in [5.74, 6) is 0. The van der Waals surface area contributed by atoms with Gasteiger partial charge in [0, 0.05) is 5.56 Å². The summed E-state index contributed by atoms with van der Waals surface area (Å²) in [6.45, 7) is 6.48. The SMILES string of the molecule is CCC(C)(C)n1cc(-c2ccccc2)nn1. The molecule has 84 valence electrons. The van der Waals surface area contributed by atoms with E-state index in [9.17, 15) is 0 Å². The first-order valence-electron chi connectivity index (χ1n) is 5.62. The molecule has 0 saturated carbocycles. The van der Waals surface area contributed by atoms with Gasteiger partial charge in [-0.25, -0.2) is 4.68 Å². The Bertz CT molecular complexity index is 457. The maximum atomic E-state index is 4.21. The summed E-state index contributed by atoms with van der Waals surface area (Å²) in [4.78, 5) is 0. The van der Waals surface area contributed by atoms with Crippen molar-refractivity contribution in [1.29, 1.82) is 0 Å². The van der Waals surface area contributed by atoms with Gasteiger partial charge in [-0.05, 0) is 20.3 Å². The molecular weight excluding hydrogens is 198 g/mol. The van der Waals surface area contributed by atoms with Gasteiger partial charge in [0.25, 0.3) is 0 Å². The smallest absolute Gasteiger partial charge is 0.113 e. The molecule has 0 aliphatic rings. The molecule has 1 aromatic heterocycles. The minimum Gasteiger partial charge on any atom is -0.246 e. The van der Waals surface area contributed by atoms with Crippen LogP contribution in [0, 0.1) is 0 Å². The van der Waals surface area contributed by atoms with Gasteiger partial charge < -0.3 is 0 Å². The van der Waals surface area contributed by atoms with Crippen LogP contribution < -0.4 is 0 Å². The Morgan fingerprint density at radius 1 is 1.19 bits per heavy atom. The average molecular weight is 215 g/mol. The second-order valence-electron chi connectivity index (χ2n) is 4.58. The molecule has 1 heterocycles. The molecule has 0 N–H and O–H groups in total. The molecular formula is C13H17N3. The van der Waals surface area contributed by atoms with Crippen molar-refractivity contribution in [3.8, 4) is 11.3 Å². The van der Waals surface area contributed by atoms with E-state index in [1.807, 2.05) is 41.2 Å².